The van der Waals surface area contributed by atoms with Crippen LogP contribution in [0, 0.1) is 0 Å². The fourth-order valence-electron chi connectivity index (χ4n) is 1.71. The number of para-hydroxylation sites is 1. The average Bonchev–Trinajstić information content (AvgIpc) is 2.44. The van der Waals surface area contributed by atoms with E-state index < -0.39 is 10.0 Å². The predicted octanol–water partition coefficient (Wildman–Crippen LogP) is 3.62. The third-order valence-electron chi connectivity index (χ3n) is 2.59. The Labute approximate surface area is 133 Å². The molecule has 1 aromatic heterocycles. The Morgan fingerprint density at radius 2 is 1.81 bits per heavy atom. The fourth-order valence-corrected chi connectivity index (χ4v) is 3.53. The van der Waals surface area contributed by atoms with E-state index in [1.807, 2.05) is 6.92 Å². The van der Waals surface area contributed by atoms with E-state index >= 15 is 0 Å². The van der Waals surface area contributed by atoms with Gasteiger partial charge in [0.15, 0.2) is 5.03 Å². The van der Waals surface area contributed by atoms with Gasteiger partial charge in [-0.3, -0.25) is 4.72 Å². The molecule has 0 saturated heterocycles. The molecule has 2 aromatic rings. The highest BCUT2D eigenvalue weighted by molar-refractivity contribution is 7.92. The third kappa shape index (κ3) is 3.58. The van der Waals surface area contributed by atoms with Gasteiger partial charge < -0.3 is 5.32 Å². The van der Waals surface area contributed by atoms with E-state index in [0.717, 1.165) is 0 Å². The lowest BCUT2D eigenvalue weighted by Crippen LogP contribution is -2.17. The number of nitrogens with zero attached hydrogens (tertiary/aromatic N) is 1. The van der Waals surface area contributed by atoms with Gasteiger partial charge in [0.1, 0.15) is 0 Å². The normalized spacial score (nSPS) is 11.2. The Hall–Kier alpha value is -1.50. The van der Waals surface area contributed by atoms with E-state index in [2.05, 4.69) is 15.0 Å². The lowest BCUT2D eigenvalue weighted by atomic mass is 10.3. The number of anilines is 2. The van der Waals surface area contributed by atoms with Gasteiger partial charge in [-0.2, -0.15) is 8.42 Å². The molecule has 112 valence electrons. The highest BCUT2D eigenvalue weighted by Gasteiger charge is 2.22. The van der Waals surface area contributed by atoms with Crippen LogP contribution in [0.2, 0.25) is 10.0 Å². The van der Waals surface area contributed by atoms with Crippen molar-refractivity contribution in [2.45, 2.75) is 11.9 Å². The summed E-state index contributed by atoms with van der Waals surface area (Å²) in [6.45, 7) is 2.43. The number of hydrogen-bond donors (Lipinski definition) is 2. The number of aromatic nitrogens is 1. The summed E-state index contributed by atoms with van der Waals surface area (Å²) in [6, 6.07) is 8.02. The first-order valence-electron chi connectivity index (χ1n) is 6.11. The van der Waals surface area contributed by atoms with Crippen molar-refractivity contribution in [2.75, 3.05) is 16.6 Å². The van der Waals surface area contributed by atoms with E-state index in [4.69, 9.17) is 23.2 Å². The SMILES string of the molecule is CCNc1cccnc1S(=O)(=O)Nc1c(Cl)cccc1Cl. The number of sulfonamides is 1. The number of rotatable bonds is 5. The maximum absolute atomic E-state index is 12.5. The van der Waals surface area contributed by atoms with Gasteiger partial charge in [-0.25, -0.2) is 4.98 Å². The van der Waals surface area contributed by atoms with Gasteiger partial charge in [0.25, 0.3) is 10.0 Å². The Balaban J connectivity index is 2.44. The molecule has 0 saturated carbocycles. The summed E-state index contributed by atoms with van der Waals surface area (Å²) in [7, 11) is -3.90. The summed E-state index contributed by atoms with van der Waals surface area (Å²) in [6.07, 6.45) is 1.41. The molecule has 0 bridgehead atoms. The van der Waals surface area contributed by atoms with E-state index in [9.17, 15) is 8.42 Å². The molecule has 1 heterocycles. The molecule has 0 amide bonds. The Morgan fingerprint density at radius 3 is 2.43 bits per heavy atom. The lowest BCUT2D eigenvalue weighted by molar-refractivity contribution is 0.598. The molecule has 0 atom stereocenters. The first kappa shape index (κ1) is 15.9. The highest BCUT2D eigenvalue weighted by Crippen LogP contribution is 2.32. The molecule has 2 rings (SSSR count). The van der Waals surface area contributed by atoms with Crippen molar-refractivity contribution in [3.05, 3.63) is 46.6 Å². The van der Waals surface area contributed by atoms with Crippen molar-refractivity contribution in [1.82, 2.24) is 4.98 Å². The topological polar surface area (TPSA) is 71.1 Å². The minimum absolute atomic E-state index is 0.108. The van der Waals surface area contributed by atoms with Gasteiger partial charge in [0.05, 0.1) is 21.4 Å². The van der Waals surface area contributed by atoms with Gasteiger partial charge in [-0.15, -0.1) is 0 Å². The number of nitrogens with one attached hydrogen (secondary N) is 2. The zero-order chi connectivity index (χ0) is 15.5. The largest absolute Gasteiger partial charge is 0.383 e. The van der Waals surface area contributed by atoms with Gasteiger partial charge >= 0.3 is 0 Å². The zero-order valence-corrected chi connectivity index (χ0v) is 13.4. The molecule has 0 aliphatic rings. The van der Waals surface area contributed by atoms with E-state index in [0.29, 0.717) is 12.2 Å². The number of halogens is 2. The molecule has 0 fully saturated rings. The number of pyridine rings is 1. The second-order valence-corrected chi connectivity index (χ2v) is 6.50. The highest BCUT2D eigenvalue weighted by atomic mass is 35.5. The molecular weight excluding hydrogens is 333 g/mol. The van der Waals surface area contributed by atoms with Crippen LogP contribution in [0.15, 0.2) is 41.6 Å². The number of benzene rings is 1. The molecule has 21 heavy (non-hydrogen) atoms. The second kappa shape index (κ2) is 6.51. The Bertz CT molecular complexity index is 731. The maximum Gasteiger partial charge on any atom is 0.281 e. The first-order valence-corrected chi connectivity index (χ1v) is 8.35. The smallest absolute Gasteiger partial charge is 0.281 e. The quantitative estimate of drug-likeness (QED) is 0.867. The van der Waals surface area contributed by atoms with Gasteiger partial charge in [0, 0.05) is 12.7 Å². The monoisotopic (exact) mass is 345 g/mol. The minimum Gasteiger partial charge on any atom is -0.383 e. The summed E-state index contributed by atoms with van der Waals surface area (Å²) in [5.74, 6) is 0. The van der Waals surface area contributed by atoms with Crippen LogP contribution in [0.3, 0.4) is 0 Å². The molecule has 2 N–H and O–H groups in total. The van der Waals surface area contributed by atoms with Gasteiger partial charge in [-0.1, -0.05) is 29.3 Å². The van der Waals surface area contributed by atoms with Crippen molar-refractivity contribution in [2.24, 2.45) is 0 Å². The van der Waals surface area contributed by atoms with Crippen LogP contribution in [-0.2, 0) is 10.0 Å². The molecule has 0 aliphatic carbocycles. The summed E-state index contributed by atoms with van der Waals surface area (Å²) in [4.78, 5) is 3.93. The molecular formula is C13H13Cl2N3O2S. The predicted molar refractivity (Wildman–Crippen MR) is 85.7 cm³/mol. The molecule has 5 nitrogen and oxygen atoms in total. The standard InChI is InChI=1S/C13H13Cl2N3O2S/c1-2-16-11-7-4-8-17-13(11)21(19,20)18-12-9(14)5-3-6-10(12)15/h3-8,16,18H,2H2,1H3. The summed E-state index contributed by atoms with van der Waals surface area (Å²) in [5, 5.41) is 3.27. The molecule has 0 radical (unpaired) electrons. The van der Waals surface area contributed by atoms with Crippen LogP contribution >= 0.6 is 23.2 Å². The van der Waals surface area contributed by atoms with Crippen LogP contribution < -0.4 is 10.0 Å². The second-order valence-electron chi connectivity index (χ2n) is 4.09. The van der Waals surface area contributed by atoms with Gasteiger partial charge in [-0.05, 0) is 31.2 Å². The van der Waals surface area contributed by atoms with Crippen molar-refractivity contribution in [3.63, 3.8) is 0 Å². The van der Waals surface area contributed by atoms with Crippen molar-refractivity contribution in [1.29, 1.82) is 0 Å². The summed E-state index contributed by atoms with van der Waals surface area (Å²) >= 11 is 12.0. The Kier molecular flexibility index (Phi) is 4.92. The lowest BCUT2D eigenvalue weighted by Gasteiger charge is -2.13. The van der Waals surface area contributed by atoms with Crippen molar-refractivity contribution in [3.8, 4) is 0 Å². The summed E-state index contributed by atoms with van der Waals surface area (Å²) in [5.41, 5.74) is 0.546. The fraction of sp³-hybridized carbons (Fsp3) is 0.154. The third-order valence-corrected chi connectivity index (χ3v) is 4.53. The van der Waals surface area contributed by atoms with Gasteiger partial charge in [0.2, 0.25) is 0 Å². The molecule has 1 aromatic carbocycles. The Morgan fingerprint density at radius 1 is 1.14 bits per heavy atom. The molecule has 0 unspecified atom stereocenters. The molecule has 0 aliphatic heterocycles. The zero-order valence-electron chi connectivity index (χ0n) is 11.1. The molecule has 0 spiro atoms. The molecule has 8 heteroatoms. The van der Waals surface area contributed by atoms with Crippen LogP contribution in [-0.4, -0.2) is 19.9 Å². The van der Waals surface area contributed by atoms with Crippen LogP contribution in [0.1, 0.15) is 6.92 Å². The maximum atomic E-state index is 12.5. The average molecular weight is 346 g/mol. The van der Waals surface area contributed by atoms with E-state index in [-0.39, 0.29) is 20.8 Å². The van der Waals surface area contributed by atoms with Crippen LogP contribution in [0.5, 0.6) is 0 Å². The van der Waals surface area contributed by atoms with Crippen molar-refractivity contribution >= 4 is 44.6 Å². The summed E-state index contributed by atoms with van der Waals surface area (Å²) < 4.78 is 27.3. The van der Waals surface area contributed by atoms with Crippen molar-refractivity contribution < 1.29 is 8.42 Å². The van der Waals surface area contributed by atoms with Crippen LogP contribution in [0.4, 0.5) is 11.4 Å². The van der Waals surface area contributed by atoms with E-state index in [1.54, 1.807) is 30.3 Å². The first-order chi connectivity index (χ1) is 9.95. The minimum atomic E-state index is -3.90. The van der Waals surface area contributed by atoms with Crippen LogP contribution in [0.25, 0.3) is 0 Å². The number of hydrogen-bond acceptors (Lipinski definition) is 4. The van der Waals surface area contributed by atoms with E-state index in [1.165, 1.54) is 6.20 Å².